The molecule has 0 amide bonds. The SMILES string of the molecule is C[C@@H](OC(=O)c1ccc(N(C)C)cc1)C(=O)c1ccc(OC(F)F)cc1. The van der Waals surface area contributed by atoms with Crippen molar-refractivity contribution in [3.05, 3.63) is 59.7 Å². The van der Waals surface area contributed by atoms with Crippen molar-refractivity contribution in [2.45, 2.75) is 19.6 Å². The summed E-state index contributed by atoms with van der Waals surface area (Å²) in [5, 5.41) is 0. The summed E-state index contributed by atoms with van der Waals surface area (Å²) in [6.07, 6.45) is -1.02. The Morgan fingerprint density at radius 3 is 1.96 bits per heavy atom. The van der Waals surface area contributed by atoms with Crippen molar-refractivity contribution in [1.29, 1.82) is 0 Å². The van der Waals surface area contributed by atoms with E-state index in [1.807, 2.05) is 19.0 Å². The highest BCUT2D eigenvalue weighted by molar-refractivity contribution is 6.01. The van der Waals surface area contributed by atoms with Gasteiger partial charge >= 0.3 is 12.6 Å². The number of carbonyl (C=O) groups is 2. The van der Waals surface area contributed by atoms with Gasteiger partial charge in [-0.3, -0.25) is 4.79 Å². The quantitative estimate of drug-likeness (QED) is 0.553. The Hall–Kier alpha value is -2.96. The van der Waals surface area contributed by atoms with E-state index in [2.05, 4.69) is 4.74 Å². The molecule has 0 saturated carbocycles. The van der Waals surface area contributed by atoms with Crippen LogP contribution in [0.15, 0.2) is 48.5 Å². The molecule has 0 fully saturated rings. The van der Waals surface area contributed by atoms with E-state index < -0.39 is 24.5 Å². The molecule has 138 valence electrons. The summed E-state index contributed by atoms with van der Waals surface area (Å²) in [5.74, 6) is -1.11. The molecule has 0 N–H and O–H groups in total. The number of hydrogen-bond acceptors (Lipinski definition) is 5. The number of esters is 1. The van der Waals surface area contributed by atoms with Crippen LogP contribution in [0.25, 0.3) is 0 Å². The Kier molecular flexibility index (Phi) is 6.27. The molecule has 0 unspecified atom stereocenters. The molecular formula is C19H19F2NO4. The van der Waals surface area contributed by atoms with Crippen LogP contribution in [0.4, 0.5) is 14.5 Å². The molecule has 0 radical (unpaired) electrons. The summed E-state index contributed by atoms with van der Waals surface area (Å²) >= 11 is 0. The molecule has 0 spiro atoms. The summed E-state index contributed by atoms with van der Waals surface area (Å²) in [4.78, 5) is 26.4. The number of ketones is 1. The summed E-state index contributed by atoms with van der Waals surface area (Å²) in [6, 6.07) is 12.0. The largest absolute Gasteiger partial charge is 0.451 e. The van der Waals surface area contributed by atoms with Gasteiger partial charge in [-0.1, -0.05) is 0 Å². The predicted molar refractivity (Wildman–Crippen MR) is 93.1 cm³/mol. The van der Waals surface area contributed by atoms with Gasteiger partial charge in [-0.2, -0.15) is 8.78 Å². The van der Waals surface area contributed by atoms with E-state index in [-0.39, 0.29) is 11.3 Å². The van der Waals surface area contributed by atoms with Crippen molar-refractivity contribution in [3.63, 3.8) is 0 Å². The van der Waals surface area contributed by atoms with E-state index >= 15 is 0 Å². The minimum atomic E-state index is -2.93. The standard InChI is InChI=1S/C19H19F2NO4/c1-12(17(23)13-6-10-16(11-7-13)26-19(20)21)25-18(24)14-4-8-15(9-5-14)22(2)3/h4-12,19H,1-3H3/t12-/m1/s1. The lowest BCUT2D eigenvalue weighted by Crippen LogP contribution is -2.24. The van der Waals surface area contributed by atoms with Gasteiger partial charge in [-0.15, -0.1) is 0 Å². The highest BCUT2D eigenvalue weighted by atomic mass is 19.3. The zero-order chi connectivity index (χ0) is 19.3. The Balaban J connectivity index is 2.00. The summed E-state index contributed by atoms with van der Waals surface area (Å²) < 4.78 is 33.7. The van der Waals surface area contributed by atoms with Crippen molar-refractivity contribution in [1.82, 2.24) is 0 Å². The third-order valence-corrected chi connectivity index (χ3v) is 3.64. The summed E-state index contributed by atoms with van der Waals surface area (Å²) in [7, 11) is 3.76. The number of anilines is 1. The molecule has 0 saturated heterocycles. The van der Waals surface area contributed by atoms with Crippen LogP contribution >= 0.6 is 0 Å². The Morgan fingerprint density at radius 2 is 1.46 bits per heavy atom. The first-order valence-electron chi connectivity index (χ1n) is 7.85. The highest BCUT2D eigenvalue weighted by Crippen LogP contribution is 2.18. The van der Waals surface area contributed by atoms with Crippen LogP contribution in [0.2, 0.25) is 0 Å². The maximum absolute atomic E-state index is 12.3. The fraction of sp³-hybridized carbons (Fsp3) is 0.263. The van der Waals surface area contributed by atoms with Gasteiger partial charge in [0.15, 0.2) is 6.10 Å². The third-order valence-electron chi connectivity index (χ3n) is 3.64. The van der Waals surface area contributed by atoms with E-state index in [0.29, 0.717) is 5.56 Å². The second-order valence-corrected chi connectivity index (χ2v) is 5.76. The van der Waals surface area contributed by atoms with Gasteiger partial charge in [0, 0.05) is 25.3 Å². The van der Waals surface area contributed by atoms with E-state index in [9.17, 15) is 18.4 Å². The Bertz CT molecular complexity index is 758. The summed E-state index contributed by atoms with van der Waals surface area (Å²) in [6.45, 7) is -1.48. The first-order valence-corrected chi connectivity index (χ1v) is 7.85. The zero-order valence-corrected chi connectivity index (χ0v) is 14.6. The molecule has 0 aliphatic rings. The minimum Gasteiger partial charge on any atom is -0.451 e. The number of alkyl halides is 2. The number of rotatable bonds is 7. The molecule has 2 aromatic rings. The lowest BCUT2D eigenvalue weighted by Gasteiger charge is -2.14. The Labute approximate surface area is 150 Å². The molecule has 0 aliphatic carbocycles. The van der Waals surface area contributed by atoms with E-state index in [1.165, 1.54) is 31.2 Å². The zero-order valence-electron chi connectivity index (χ0n) is 14.6. The number of ether oxygens (including phenoxy) is 2. The van der Waals surface area contributed by atoms with E-state index in [1.54, 1.807) is 24.3 Å². The molecule has 0 bridgehead atoms. The van der Waals surface area contributed by atoms with Crippen molar-refractivity contribution in [3.8, 4) is 5.75 Å². The lowest BCUT2D eigenvalue weighted by atomic mass is 10.1. The first-order chi connectivity index (χ1) is 12.3. The normalized spacial score (nSPS) is 11.8. The summed E-state index contributed by atoms with van der Waals surface area (Å²) in [5.41, 5.74) is 1.49. The third kappa shape index (κ3) is 5.02. The molecular weight excluding hydrogens is 344 g/mol. The molecule has 0 aromatic heterocycles. The van der Waals surface area contributed by atoms with Gasteiger partial charge < -0.3 is 14.4 Å². The molecule has 26 heavy (non-hydrogen) atoms. The topological polar surface area (TPSA) is 55.8 Å². The lowest BCUT2D eigenvalue weighted by molar-refractivity contribution is -0.0498. The van der Waals surface area contributed by atoms with Crippen LogP contribution in [-0.4, -0.2) is 38.6 Å². The number of halogens is 2. The van der Waals surface area contributed by atoms with Gasteiger partial charge in [0.2, 0.25) is 5.78 Å². The molecule has 2 rings (SSSR count). The van der Waals surface area contributed by atoms with Gasteiger partial charge in [-0.05, 0) is 55.5 Å². The van der Waals surface area contributed by atoms with Crippen molar-refractivity contribution < 1.29 is 27.8 Å². The average Bonchev–Trinajstić information content (AvgIpc) is 2.61. The second-order valence-electron chi connectivity index (χ2n) is 5.76. The Morgan fingerprint density at radius 1 is 0.923 bits per heavy atom. The predicted octanol–water partition coefficient (Wildman–Crippen LogP) is 3.78. The monoisotopic (exact) mass is 363 g/mol. The van der Waals surface area contributed by atoms with Gasteiger partial charge in [-0.25, -0.2) is 4.79 Å². The fourth-order valence-electron chi connectivity index (χ4n) is 2.21. The maximum Gasteiger partial charge on any atom is 0.387 e. The van der Waals surface area contributed by atoms with Crippen LogP contribution in [0.1, 0.15) is 27.6 Å². The molecule has 7 heteroatoms. The number of Topliss-reactive ketones (excluding diaryl/α,β-unsaturated/α-hetero) is 1. The average molecular weight is 363 g/mol. The number of nitrogens with zero attached hydrogens (tertiary/aromatic N) is 1. The molecule has 0 aliphatic heterocycles. The van der Waals surface area contributed by atoms with Crippen molar-refractivity contribution >= 4 is 17.4 Å². The maximum atomic E-state index is 12.3. The van der Waals surface area contributed by atoms with Crippen LogP contribution in [0.5, 0.6) is 5.75 Å². The second kappa shape index (κ2) is 8.42. The number of hydrogen-bond donors (Lipinski definition) is 0. The van der Waals surface area contributed by atoms with Crippen molar-refractivity contribution in [2.75, 3.05) is 19.0 Å². The smallest absolute Gasteiger partial charge is 0.387 e. The number of benzene rings is 2. The van der Waals surface area contributed by atoms with Gasteiger partial charge in [0.05, 0.1) is 5.56 Å². The molecule has 1 atom stereocenters. The van der Waals surface area contributed by atoms with Crippen molar-refractivity contribution in [2.24, 2.45) is 0 Å². The molecule has 2 aromatic carbocycles. The van der Waals surface area contributed by atoms with Crippen LogP contribution < -0.4 is 9.64 Å². The van der Waals surface area contributed by atoms with Crippen LogP contribution in [-0.2, 0) is 4.74 Å². The van der Waals surface area contributed by atoms with E-state index in [0.717, 1.165) is 5.69 Å². The number of carbonyl (C=O) groups excluding carboxylic acids is 2. The van der Waals surface area contributed by atoms with Crippen LogP contribution in [0.3, 0.4) is 0 Å². The molecule has 0 heterocycles. The van der Waals surface area contributed by atoms with Gasteiger partial charge in [0.1, 0.15) is 5.75 Å². The highest BCUT2D eigenvalue weighted by Gasteiger charge is 2.20. The fourth-order valence-corrected chi connectivity index (χ4v) is 2.21. The van der Waals surface area contributed by atoms with Gasteiger partial charge in [0.25, 0.3) is 0 Å². The van der Waals surface area contributed by atoms with E-state index in [4.69, 9.17) is 4.74 Å². The minimum absolute atomic E-state index is 0.0535. The molecule has 5 nitrogen and oxygen atoms in total. The first kappa shape index (κ1) is 19.4. The van der Waals surface area contributed by atoms with Crippen LogP contribution in [0, 0.1) is 0 Å².